The third kappa shape index (κ3) is 1.78. The first-order valence-electron chi connectivity index (χ1n) is 1.91. The van der Waals surface area contributed by atoms with Gasteiger partial charge in [-0.25, -0.2) is 4.39 Å². The summed E-state index contributed by atoms with van der Waals surface area (Å²) in [6.45, 7) is 1.71. The van der Waals surface area contributed by atoms with Crippen LogP contribution in [0.1, 0.15) is 13.3 Å². The minimum atomic E-state index is -1.04. The van der Waals surface area contributed by atoms with Crippen LogP contribution in [-0.2, 0) is 0 Å². The van der Waals surface area contributed by atoms with Gasteiger partial charge in [-0.1, -0.05) is 12.8 Å². The van der Waals surface area contributed by atoms with Crippen molar-refractivity contribution in [3.8, 4) is 12.3 Å². The molecule has 1 heteroatoms. The van der Waals surface area contributed by atoms with Crippen LogP contribution in [0.4, 0.5) is 4.39 Å². The Bertz CT molecular complexity index is 60.8. The van der Waals surface area contributed by atoms with Gasteiger partial charge >= 0.3 is 0 Å². The molecule has 0 saturated heterocycles. The molecule has 0 aromatic carbocycles. The van der Waals surface area contributed by atoms with Crippen LogP contribution in [0.15, 0.2) is 0 Å². The van der Waals surface area contributed by atoms with Gasteiger partial charge in [0.15, 0.2) is 6.17 Å². The Morgan fingerprint density at radius 2 is 2.50 bits per heavy atom. The smallest absolute Gasteiger partial charge is 0.160 e. The SMILES string of the molecule is C#CC(F)CC. The second kappa shape index (κ2) is 2.71. The van der Waals surface area contributed by atoms with E-state index in [0.717, 1.165) is 0 Å². The number of hydrogen-bond donors (Lipinski definition) is 0. The van der Waals surface area contributed by atoms with Crippen molar-refractivity contribution in [2.75, 3.05) is 0 Å². The molecular weight excluding hydrogens is 79.1 g/mol. The molecule has 1 atom stereocenters. The Balaban J connectivity index is 3.04. The largest absolute Gasteiger partial charge is 0.233 e. The van der Waals surface area contributed by atoms with Crippen molar-refractivity contribution < 1.29 is 4.39 Å². The van der Waals surface area contributed by atoms with E-state index in [1.807, 2.05) is 5.92 Å². The summed E-state index contributed by atoms with van der Waals surface area (Å²) >= 11 is 0. The van der Waals surface area contributed by atoms with Crippen molar-refractivity contribution in [2.24, 2.45) is 0 Å². The Kier molecular flexibility index (Phi) is 2.48. The summed E-state index contributed by atoms with van der Waals surface area (Å²) in [6, 6.07) is 0. The van der Waals surface area contributed by atoms with Crippen molar-refractivity contribution >= 4 is 0 Å². The molecular formula is C5H7F. The van der Waals surface area contributed by atoms with Crippen molar-refractivity contribution in [3.05, 3.63) is 0 Å². The Labute approximate surface area is 37.4 Å². The zero-order chi connectivity index (χ0) is 4.99. The molecule has 0 aromatic rings. The molecule has 0 aliphatic heterocycles. The number of halogens is 1. The van der Waals surface area contributed by atoms with Gasteiger partial charge in [0.25, 0.3) is 0 Å². The van der Waals surface area contributed by atoms with Gasteiger partial charge < -0.3 is 0 Å². The van der Waals surface area contributed by atoms with E-state index in [2.05, 4.69) is 6.42 Å². The first-order valence-corrected chi connectivity index (χ1v) is 1.91. The molecule has 0 rings (SSSR count). The van der Waals surface area contributed by atoms with E-state index in [9.17, 15) is 4.39 Å². The van der Waals surface area contributed by atoms with Crippen LogP contribution < -0.4 is 0 Å². The maximum atomic E-state index is 11.6. The van der Waals surface area contributed by atoms with Gasteiger partial charge in [-0.05, 0) is 6.42 Å². The molecule has 0 spiro atoms. The van der Waals surface area contributed by atoms with Crippen LogP contribution in [0.5, 0.6) is 0 Å². The predicted molar refractivity (Wildman–Crippen MR) is 24.0 cm³/mol. The molecule has 6 heavy (non-hydrogen) atoms. The van der Waals surface area contributed by atoms with E-state index in [1.165, 1.54) is 0 Å². The van der Waals surface area contributed by atoms with Gasteiger partial charge in [0.2, 0.25) is 0 Å². The van der Waals surface area contributed by atoms with Gasteiger partial charge in [-0.2, -0.15) is 0 Å². The summed E-state index contributed by atoms with van der Waals surface area (Å²) in [4.78, 5) is 0. The van der Waals surface area contributed by atoms with Crippen molar-refractivity contribution in [3.63, 3.8) is 0 Å². The highest BCUT2D eigenvalue weighted by Crippen LogP contribution is 1.90. The number of hydrogen-bond acceptors (Lipinski definition) is 0. The summed E-state index contributed by atoms with van der Waals surface area (Å²) in [5, 5.41) is 0. The molecule has 1 unspecified atom stereocenters. The minimum Gasteiger partial charge on any atom is -0.233 e. The lowest BCUT2D eigenvalue weighted by atomic mass is 10.3. The molecule has 0 nitrogen and oxygen atoms in total. The van der Waals surface area contributed by atoms with E-state index in [4.69, 9.17) is 0 Å². The quantitative estimate of drug-likeness (QED) is 0.423. The molecule has 34 valence electrons. The zero-order valence-corrected chi connectivity index (χ0v) is 3.74. The molecule has 0 heterocycles. The summed E-state index contributed by atoms with van der Waals surface area (Å²) in [6.07, 6.45) is 4.05. The highest BCUT2D eigenvalue weighted by Gasteiger charge is 1.90. The highest BCUT2D eigenvalue weighted by atomic mass is 19.1. The summed E-state index contributed by atoms with van der Waals surface area (Å²) in [7, 11) is 0. The average Bonchev–Trinajstić information content (AvgIpc) is 1.65. The molecule has 0 fully saturated rings. The van der Waals surface area contributed by atoms with Crippen LogP contribution in [0.3, 0.4) is 0 Å². The maximum Gasteiger partial charge on any atom is 0.160 e. The molecule has 0 aliphatic rings. The fraction of sp³-hybridized carbons (Fsp3) is 0.600. The van der Waals surface area contributed by atoms with Crippen LogP contribution in [0, 0.1) is 12.3 Å². The minimum absolute atomic E-state index is 0.427. The number of rotatable bonds is 1. The molecule has 0 saturated carbocycles. The van der Waals surface area contributed by atoms with E-state index < -0.39 is 6.17 Å². The standard InChI is InChI=1S/C5H7F/c1-3-5(6)4-2/h1,5H,4H2,2H3. The number of alkyl halides is 1. The second-order valence-electron chi connectivity index (χ2n) is 1.04. The van der Waals surface area contributed by atoms with Crippen LogP contribution in [-0.4, -0.2) is 6.17 Å². The summed E-state index contributed by atoms with van der Waals surface area (Å²) in [5.74, 6) is 1.95. The van der Waals surface area contributed by atoms with Gasteiger partial charge in [0, 0.05) is 0 Å². The second-order valence-corrected chi connectivity index (χ2v) is 1.04. The van der Waals surface area contributed by atoms with Gasteiger partial charge in [-0.15, -0.1) is 6.42 Å². The monoisotopic (exact) mass is 86.1 g/mol. The van der Waals surface area contributed by atoms with E-state index in [-0.39, 0.29) is 0 Å². The Morgan fingerprint density at radius 3 is 2.50 bits per heavy atom. The molecule has 0 radical (unpaired) electrons. The Morgan fingerprint density at radius 1 is 2.00 bits per heavy atom. The van der Waals surface area contributed by atoms with Gasteiger partial charge in [-0.3, -0.25) is 0 Å². The van der Waals surface area contributed by atoms with E-state index in [1.54, 1.807) is 6.92 Å². The zero-order valence-electron chi connectivity index (χ0n) is 3.74. The van der Waals surface area contributed by atoms with Crippen LogP contribution in [0.25, 0.3) is 0 Å². The fourth-order valence-electron chi connectivity index (χ4n) is 0.118. The molecule has 0 aromatic heterocycles. The lowest BCUT2D eigenvalue weighted by Gasteiger charge is -1.86. The third-order valence-corrected chi connectivity index (χ3v) is 0.539. The van der Waals surface area contributed by atoms with Crippen molar-refractivity contribution in [1.82, 2.24) is 0 Å². The topological polar surface area (TPSA) is 0 Å². The highest BCUT2D eigenvalue weighted by molar-refractivity contribution is 4.92. The van der Waals surface area contributed by atoms with E-state index in [0.29, 0.717) is 6.42 Å². The lowest BCUT2D eigenvalue weighted by Crippen LogP contribution is -1.88. The first-order chi connectivity index (χ1) is 2.81. The molecule has 0 N–H and O–H groups in total. The predicted octanol–water partition coefficient (Wildman–Crippen LogP) is 1.37. The normalized spacial score (nSPS) is 12.8. The van der Waals surface area contributed by atoms with Crippen LogP contribution in [0.2, 0.25) is 0 Å². The third-order valence-electron chi connectivity index (χ3n) is 0.539. The summed E-state index contributed by atoms with van der Waals surface area (Å²) in [5.41, 5.74) is 0. The van der Waals surface area contributed by atoms with Gasteiger partial charge in [0.1, 0.15) is 0 Å². The lowest BCUT2D eigenvalue weighted by molar-refractivity contribution is 0.403. The Hall–Kier alpha value is -0.510. The number of terminal acetylenes is 1. The average molecular weight is 86.1 g/mol. The van der Waals surface area contributed by atoms with Crippen LogP contribution >= 0.6 is 0 Å². The molecule has 0 bridgehead atoms. The maximum absolute atomic E-state index is 11.6. The molecule has 0 amide bonds. The van der Waals surface area contributed by atoms with Gasteiger partial charge in [0.05, 0.1) is 0 Å². The van der Waals surface area contributed by atoms with Crippen molar-refractivity contribution in [2.45, 2.75) is 19.5 Å². The van der Waals surface area contributed by atoms with E-state index >= 15 is 0 Å². The first kappa shape index (κ1) is 5.49. The fourth-order valence-corrected chi connectivity index (χ4v) is 0.118. The van der Waals surface area contributed by atoms with Crippen molar-refractivity contribution in [1.29, 1.82) is 0 Å². The molecule has 0 aliphatic carbocycles. The summed E-state index contributed by atoms with van der Waals surface area (Å²) < 4.78 is 11.6.